The first-order valence-electron chi connectivity index (χ1n) is 16.1. The highest BCUT2D eigenvalue weighted by atomic mass is 32.2. The molecule has 3 aliphatic carbocycles. The van der Waals surface area contributed by atoms with Crippen LogP contribution < -0.4 is 20.1 Å². The number of amides is 4. The van der Waals surface area contributed by atoms with Crippen molar-refractivity contribution in [2.45, 2.75) is 68.3 Å². The highest BCUT2D eigenvalue weighted by molar-refractivity contribution is 7.91. The average molecular weight is 665 g/mol. The molecule has 3 fully saturated rings. The van der Waals surface area contributed by atoms with Gasteiger partial charge in [-0.2, -0.15) is 0 Å². The first-order valence-corrected chi connectivity index (χ1v) is 17.7. The van der Waals surface area contributed by atoms with E-state index in [2.05, 4.69) is 15.4 Å². The van der Waals surface area contributed by atoms with E-state index in [-0.39, 0.29) is 31.1 Å². The molecule has 1 heterocycles. The van der Waals surface area contributed by atoms with E-state index < -0.39 is 56.7 Å². The van der Waals surface area contributed by atoms with Gasteiger partial charge in [-0.1, -0.05) is 36.4 Å². The zero-order chi connectivity index (χ0) is 33.2. The van der Waals surface area contributed by atoms with Gasteiger partial charge in [-0.3, -0.25) is 24.4 Å². The third-order valence-electron chi connectivity index (χ3n) is 9.33. The van der Waals surface area contributed by atoms with E-state index in [1.807, 2.05) is 42.5 Å². The molecular weight excluding hydrogens is 624 g/mol. The maximum absolute atomic E-state index is 13.9. The lowest BCUT2D eigenvalue weighted by Crippen LogP contribution is -2.54. The smallest absolute Gasteiger partial charge is 0.411 e. The fourth-order valence-corrected chi connectivity index (χ4v) is 7.82. The average Bonchev–Trinajstić information content (AvgIpc) is 3.96. The van der Waals surface area contributed by atoms with Gasteiger partial charge in [0.05, 0.1) is 17.1 Å². The van der Waals surface area contributed by atoms with Gasteiger partial charge in [-0.15, -0.1) is 0 Å². The molecule has 0 aromatic heterocycles. The predicted molar refractivity (Wildman–Crippen MR) is 173 cm³/mol. The number of para-hydroxylation sites is 1. The number of carbonyl (C=O) groups excluding carboxylic acids is 4. The van der Waals surface area contributed by atoms with Crippen molar-refractivity contribution in [1.82, 2.24) is 14.9 Å². The van der Waals surface area contributed by atoms with Crippen molar-refractivity contribution in [1.29, 1.82) is 0 Å². The van der Waals surface area contributed by atoms with Crippen LogP contribution in [0.2, 0.25) is 0 Å². The zero-order valence-corrected chi connectivity index (χ0v) is 27.0. The number of nitrogens with one attached hydrogen (secondary N) is 3. The topological polar surface area (TPSA) is 160 Å². The number of anilines is 1. The Bertz CT molecular complexity index is 1660. The van der Waals surface area contributed by atoms with E-state index in [9.17, 15) is 27.6 Å². The molecule has 5 unspecified atom stereocenters. The molecular formula is C34H40N4O8S. The molecule has 0 saturated heterocycles. The number of nitrogens with zero attached hydrogens (tertiary/aromatic N) is 1. The third-order valence-corrected chi connectivity index (χ3v) is 11.1. The van der Waals surface area contributed by atoms with Gasteiger partial charge < -0.3 is 19.7 Å². The second kappa shape index (κ2) is 13.4. The maximum atomic E-state index is 13.9. The number of ether oxygens (including phenoxy) is 2. The molecule has 1 aliphatic heterocycles. The van der Waals surface area contributed by atoms with Gasteiger partial charge >= 0.3 is 6.09 Å². The van der Waals surface area contributed by atoms with Crippen molar-refractivity contribution < 1.29 is 37.1 Å². The van der Waals surface area contributed by atoms with Crippen LogP contribution in [0.25, 0.3) is 0 Å². The van der Waals surface area contributed by atoms with E-state index in [1.165, 1.54) is 0 Å². The highest BCUT2D eigenvalue weighted by Crippen LogP contribution is 2.47. The summed E-state index contributed by atoms with van der Waals surface area (Å²) in [4.78, 5) is 55.5. The Morgan fingerprint density at radius 3 is 2.49 bits per heavy atom. The standard InChI is InChI=1S/C34H40N4O8S/c1-38-17-8-3-2-5-10-22-21-34(22,32(41)37-47(43,44)27-15-16-27)36-30(39)28-19-26(20-29(28)31(38)40)46-33(42)35-23-11-9-14-25(18-23)45-24-12-6-4-7-13-24/h4-7,9-14,18,22,26-29H,2-3,8,15-17,19-21H2,1H3,(H,35,42)(H,36,39)(H,37,41). The van der Waals surface area contributed by atoms with E-state index in [1.54, 1.807) is 36.2 Å². The van der Waals surface area contributed by atoms with Crippen LogP contribution in [0.15, 0.2) is 66.7 Å². The van der Waals surface area contributed by atoms with Crippen molar-refractivity contribution >= 4 is 39.5 Å². The maximum Gasteiger partial charge on any atom is 0.411 e. The summed E-state index contributed by atoms with van der Waals surface area (Å²) >= 11 is 0. The minimum Gasteiger partial charge on any atom is -0.457 e. The molecule has 0 spiro atoms. The van der Waals surface area contributed by atoms with Crippen LogP contribution in [0.5, 0.6) is 11.5 Å². The van der Waals surface area contributed by atoms with Gasteiger partial charge in [0.15, 0.2) is 0 Å². The lowest BCUT2D eigenvalue weighted by atomic mass is 9.93. The van der Waals surface area contributed by atoms with Crippen molar-refractivity contribution in [3.63, 3.8) is 0 Å². The number of fused-ring (bicyclic) bond motifs is 2. The van der Waals surface area contributed by atoms with Gasteiger partial charge in [-0.25, -0.2) is 13.2 Å². The second-order valence-corrected chi connectivity index (χ2v) is 14.9. The summed E-state index contributed by atoms with van der Waals surface area (Å²) in [5.41, 5.74) is -0.988. The molecule has 3 saturated carbocycles. The lowest BCUT2D eigenvalue weighted by Gasteiger charge is -2.26. The molecule has 0 bridgehead atoms. The van der Waals surface area contributed by atoms with Crippen molar-refractivity contribution in [2.24, 2.45) is 17.8 Å². The van der Waals surface area contributed by atoms with Crippen LogP contribution in [0.3, 0.4) is 0 Å². The molecule has 2 aromatic rings. The summed E-state index contributed by atoms with van der Waals surface area (Å²) in [6, 6.07) is 16.0. The molecule has 4 amide bonds. The van der Waals surface area contributed by atoms with Gasteiger partial charge in [0.25, 0.3) is 5.91 Å². The molecule has 12 nitrogen and oxygen atoms in total. The Morgan fingerprint density at radius 2 is 1.72 bits per heavy atom. The Kier molecular flexibility index (Phi) is 9.27. The molecule has 250 valence electrons. The van der Waals surface area contributed by atoms with Gasteiger partial charge in [0.2, 0.25) is 21.8 Å². The molecule has 6 rings (SSSR count). The SMILES string of the molecule is CN1CCCCC=CC2CC2(C(=O)NS(=O)(=O)C2CC2)NC(=O)C2CC(OC(=O)Nc3cccc(Oc4ccccc4)c3)CC2C1=O. The monoisotopic (exact) mass is 664 g/mol. The quantitative estimate of drug-likeness (QED) is 0.373. The number of hydrogen-bond donors (Lipinski definition) is 3. The Hall–Kier alpha value is -4.39. The Morgan fingerprint density at radius 1 is 0.979 bits per heavy atom. The summed E-state index contributed by atoms with van der Waals surface area (Å²) in [7, 11) is -2.14. The Labute approximate surface area is 274 Å². The van der Waals surface area contributed by atoms with Crippen LogP contribution in [-0.4, -0.2) is 67.6 Å². The van der Waals surface area contributed by atoms with Crippen molar-refractivity contribution in [2.75, 3.05) is 18.9 Å². The van der Waals surface area contributed by atoms with Crippen LogP contribution in [0.4, 0.5) is 10.5 Å². The Balaban J connectivity index is 1.16. The summed E-state index contributed by atoms with van der Waals surface area (Å²) in [6.07, 6.45) is 6.05. The van der Waals surface area contributed by atoms with Crippen LogP contribution in [-0.2, 0) is 29.1 Å². The number of rotatable bonds is 7. The summed E-state index contributed by atoms with van der Waals surface area (Å²) in [5, 5.41) is 4.94. The number of hydrogen-bond acceptors (Lipinski definition) is 8. The minimum absolute atomic E-state index is 0.0687. The van der Waals surface area contributed by atoms with Gasteiger partial charge in [0.1, 0.15) is 23.1 Å². The predicted octanol–water partition coefficient (Wildman–Crippen LogP) is 4.10. The fourth-order valence-electron chi connectivity index (χ4n) is 6.45. The van der Waals surface area contributed by atoms with Crippen LogP contribution in [0, 0.1) is 17.8 Å². The molecule has 3 N–H and O–H groups in total. The van der Waals surface area contributed by atoms with E-state index >= 15 is 0 Å². The van der Waals surface area contributed by atoms with E-state index in [0.29, 0.717) is 36.6 Å². The number of sulfonamides is 1. The van der Waals surface area contributed by atoms with E-state index in [4.69, 9.17) is 9.47 Å². The van der Waals surface area contributed by atoms with Crippen LogP contribution in [0.1, 0.15) is 51.4 Å². The number of carbonyl (C=O) groups is 4. The molecule has 4 aliphatic rings. The molecule has 47 heavy (non-hydrogen) atoms. The van der Waals surface area contributed by atoms with Crippen molar-refractivity contribution in [3.8, 4) is 11.5 Å². The number of allylic oxidation sites excluding steroid dienone is 1. The van der Waals surface area contributed by atoms with E-state index in [0.717, 1.165) is 19.3 Å². The summed E-state index contributed by atoms with van der Waals surface area (Å²) in [5.74, 6) is -2.43. The fraction of sp³-hybridized carbons (Fsp3) is 0.471. The summed E-state index contributed by atoms with van der Waals surface area (Å²) in [6.45, 7) is 0.514. The molecule has 2 aromatic carbocycles. The molecule has 0 radical (unpaired) electrons. The van der Waals surface area contributed by atoms with Gasteiger partial charge in [0, 0.05) is 31.3 Å². The normalized spacial score (nSPS) is 27.8. The first kappa shape index (κ1) is 32.5. The highest BCUT2D eigenvalue weighted by Gasteiger charge is 2.62. The minimum atomic E-state index is -3.83. The zero-order valence-electron chi connectivity index (χ0n) is 26.2. The number of benzene rings is 2. The largest absolute Gasteiger partial charge is 0.457 e. The second-order valence-electron chi connectivity index (χ2n) is 12.9. The summed E-state index contributed by atoms with van der Waals surface area (Å²) < 4.78 is 39.0. The first-order chi connectivity index (χ1) is 22.5. The third kappa shape index (κ3) is 7.61. The van der Waals surface area contributed by atoms with Crippen molar-refractivity contribution in [3.05, 3.63) is 66.7 Å². The van der Waals surface area contributed by atoms with Crippen LogP contribution >= 0.6 is 0 Å². The molecule has 13 heteroatoms. The lowest BCUT2D eigenvalue weighted by molar-refractivity contribution is -0.140. The van der Waals surface area contributed by atoms with Gasteiger partial charge in [-0.05, 0) is 75.6 Å². The molecule has 5 atom stereocenters.